The Kier molecular flexibility index (Phi) is 6.98. The maximum Gasteiger partial charge on any atom is 0.265 e. The summed E-state index contributed by atoms with van der Waals surface area (Å²) in [4.78, 5) is 17.4. The standard InChI is InChI=1S/C25H36N4O2/c1-19(2)18-31-24-8-6-7-22-21(24)17-23(25(26)30)29(22)20-9-13-28(14-10-20)16-15-27-11-4-3-5-12-27/h3-4,6-8,17,19-20H,5,9-16,18H2,1-2H3,(H2,26,30). The molecule has 1 saturated heterocycles. The third-order valence-corrected chi connectivity index (χ3v) is 6.46. The molecule has 3 heterocycles. The van der Waals surface area contributed by atoms with Gasteiger partial charge in [0.2, 0.25) is 0 Å². The first kappa shape index (κ1) is 21.9. The molecule has 6 nitrogen and oxygen atoms in total. The minimum Gasteiger partial charge on any atom is -0.493 e. The van der Waals surface area contributed by atoms with E-state index >= 15 is 0 Å². The van der Waals surface area contributed by atoms with E-state index in [1.807, 2.05) is 18.2 Å². The van der Waals surface area contributed by atoms with E-state index in [0.29, 0.717) is 18.2 Å². The fourth-order valence-electron chi connectivity index (χ4n) is 4.77. The summed E-state index contributed by atoms with van der Waals surface area (Å²) in [5.74, 6) is 0.908. The molecule has 31 heavy (non-hydrogen) atoms. The molecule has 168 valence electrons. The SMILES string of the molecule is CC(C)COc1cccc2c1cc(C(N)=O)n2C1CCN(CCN2CC=CCC2)CC1. The highest BCUT2D eigenvalue weighted by atomic mass is 16.5. The predicted molar refractivity (Wildman–Crippen MR) is 126 cm³/mol. The quantitative estimate of drug-likeness (QED) is 0.657. The summed E-state index contributed by atoms with van der Waals surface area (Å²) in [6, 6.07) is 8.29. The maximum absolute atomic E-state index is 12.3. The molecule has 2 aliphatic rings. The summed E-state index contributed by atoms with van der Waals surface area (Å²) in [6.07, 6.45) is 7.78. The van der Waals surface area contributed by atoms with Crippen LogP contribution in [0.5, 0.6) is 5.75 Å². The van der Waals surface area contributed by atoms with Crippen molar-refractivity contribution in [1.82, 2.24) is 14.4 Å². The average Bonchev–Trinajstić information content (AvgIpc) is 3.18. The van der Waals surface area contributed by atoms with Crippen LogP contribution < -0.4 is 10.5 Å². The number of amides is 1. The van der Waals surface area contributed by atoms with Crippen molar-refractivity contribution in [2.45, 2.75) is 39.2 Å². The van der Waals surface area contributed by atoms with Crippen LogP contribution in [-0.4, -0.2) is 66.1 Å². The average molecular weight is 425 g/mol. The van der Waals surface area contributed by atoms with Gasteiger partial charge in [0.05, 0.1) is 12.1 Å². The van der Waals surface area contributed by atoms with Crippen LogP contribution in [0.2, 0.25) is 0 Å². The van der Waals surface area contributed by atoms with Crippen molar-refractivity contribution >= 4 is 16.8 Å². The molecule has 0 unspecified atom stereocenters. The molecule has 2 N–H and O–H groups in total. The van der Waals surface area contributed by atoms with Crippen LogP contribution in [0, 0.1) is 5.92 Å². The number of ether oxygens (including phenoxy) is 1. The topological polar surface area (TPSA) is 63.7 Å². The summed E-state index contributed by atoms with van der Waals surface area (Å²) < 4.78 is 8.21. The number of piperidine rings is 1. The Labute approximate surface area is 185 Å². The zero-order valence-corrected chi connectivity index (χ0v) is 18.9. The van der Waals surface area contributed by atoms with Gasteiger partial charge in [0.1, 0.15) is 11.4 Å². The first-order valence-electron chi connectivity index (χ1n) is 11.7. The van der Waals surface area contributed by atoms with Gasteiger partial charge in [-0.3, -0.25) is 9.69 Å². The van der Waals surface area contributed by atoms with Gasteiger partial charge in [-0.2, -0.15) is 0 Å². The lowest BCUT2D eigenvalue weighted by Gasteiger charge is -2.35. The number of aromatic nitrogens is 1. The van der Waals surface area contributed by atoms with Gasteiger partial charge in [-0.25, -0.2) is 0 Å². The van der Waals surface area contributed by atoms with Crippen LogP contribution in [0.3, 0.4) is 0 Å². The number of benzene rings is 1. The number of likely N-dealkylation sites (tertiary alicyclic amines) is 1. The molecule has 1 amide bonds. The fraction of sp³-hybridized carbons (Fsp3) is 0.560. The van der Waals surface area contributed by atoms with Crippen LogP contribution in [0.1, 0.15) is 49.6 Å². The highest BCUT2D eigenvalue weighted by molar-refractivity contribution is 5.99. The molecule has 0 atom stereocenters. The number of rotatable bonds is 8. The van der Waals surface area contributed by atoms with Gasteiger partial charge in [-0.15, -0.1) is 0 Å². The van der Waals surface area contributed by atoms with Gasteiger partial charge in [-0.05, 0) is 43.4 Å². The van der Waals surface area contributed by atoms with Crippen molar-refractivity contribution in [2.75, 3.05) is 45.9 Å². The Bertz CT molecular complexity index is 925. The van der Waals surface area contributed by atoms with E-state index in [0.717, 1.165) is 62.2 Å². The molecular weight excluding hydrogens is 388 g/mol. The highest BCUT2D eigenvalue weighted by Crippen LogP contribution is 2.35. The maximum atomic E-state index is 12.3. The van der Waals surface area contributed by atoms with E-state index in [9.17, 15) is 4.79 Å². The van der Waals surface area contributed by atoms with E-state index in [4.69, 9.17) is 10.5 Å². The van der Waals surface area contributed by atoms with Crippen molar-refractivity contribution < 1.29 is 9.53 Å². The number of primary amides is 1. The van der Waals surface area contributed by atoms with Crippen molar-refractivity contribution in [3.05, 3.63) is 42.1 Å². The van der Waals surface area contributed by atoms with Gasteiger partial charge < -0.3 is 19.9 Å². The molecule has 0 saturated carbocycles. The lowest BCUT2D eigenvalue weighted by Crippen LogP contribution is -2.41. The van der Waals surface area contributed by atoms with Gasteiger partial charge in [0.15, 0.2) is 0 Å². The molecule has 0 radical (unpaired) electrons. The zero-order chi connectivity index (χ0) is 21.8. The Morgan fingerprint density at radius 2 is 1.90 bits per heavy atom. The lowest BCUT2D eigenvalue weighted by molar-refractivity contribution is 0.0984. The first-order valence-corrected chi connectivity index (χ1v) is 11.7. The molecule has 1 aromatic heterocycles. The molecule has 0 aliphatic carbocycles. The number of hydrogen-bond acceptors (Lipinski definition) is 4. The third kappa shape index (κ3) is 5.13. The van der Waals surface area contributed by atoms with Crippen molar-refractivity contribution in [3.63, 3.8) is 0 Å². The summed E-state index contributed by atoms with van der Waals surface area (Å²) in [7, 11) is 0. The Hall–Kier alpha value is -2.31. The van der Waals surface area contributed by atoms with E-state index in [-0.39, 0.29) is 11.9 Å². The van der Waals surface area contributed by atoms with Gasteiger partial charge >= 0.3 is 0 Å². The van der Waals surface area contributed by atoms with Crippen molar-refractivity contribution in [3.8, 4) is 5.75 Å². The molecule has 1 aromatic carbocycles. The monoisotopic (exact) mass is 424 g/mol. The number of carbonyl (C=O) groups excluding carboxylic acids is 1. The zero-order valence-electron chi connectivity index (χ0n) is 18.9. The Balaban J connectivity index is 1.47. The molecule has 0 bridgehead atoms. The van der Waals surface area contributed by atoms with Crippen LogP contribution in [0.4, 0.5) is 0 Å². The van der Waals surface area contributed by atoms with Crippen LogP contribution in [-0.2, 0) is 0 Å². The Morgan fingerprint density at radius 1 is 1.13 bits per heavy atom. The van der Waals surface area contributed by atoms with Crippen molar-refractivity contribution in [2.24, 2.45) is 11.7 Å². The van der Waals surface area contributed by atoms with Crippen LogP contribution in [0.15, 0.2) is 36.4 Å². The van der Waals surface area contributed by atoms with E-state index in [1.54, 1.807) is 0 Å². The summed E-state index contributed by atoms with van der Waals surface area (Å²) in [6.45, 7) is 11.5. The molecule has 0 spiro atoms. The van der Waals surface area contributed by atoms with Crippen LogP contribution in [0.25, 0.3) is 10.9 Å². The predicted octanol–water partition coefficient (Wildman–Crippen LogP) is 3.67. The van der Waals surface area contributed by atoms with Gasteiger partial charge in [-0.1, -0.05) is 32.1 Å². The molecular formula is C25H36N4O2. The van der Waals surface area contributed by atoms with Gasteiger partial charge in [0, 0.05) is 50.7 Å². The van der Waals surface area contributed by atoms with Crippen LogP contribution >= 0.6 is 0 Å². The smallest absolute Gasteiger partial charge is 0.265 e. The van der Waals surface area contributed by atoms with E-state index in [1.165, 1.54) is 13.0 Å². The molecule has 2 aliphatic heterocycles. The first-order chi connectivity index (χ1) is 15.0. The fourth-order valence-corrected chi connectivity index (χ4v) is 4.77. The van der Waals surface area contributed by atoms with Crippen molar-refractivity contribution in [1.29, 1.82) is 0 Å². The summed E-state index contributed by atoms with van der Waals surface area (Å²) in [5.41, 5.74) is 7.43. The summed E-state index contributed by atoms with van der Waals surface area (Å²) >= 11 is 0. The molecule has 6 heteroatoms. The third-order valence-electron chi connectivity index (χ3n) is 6.46. The largest absolute Gasteiger partial charge is 0.493 e. The Morgan fingerprint density at radius 3 is 2.58 bits per heavy atom. The second-order valence-corrected chi connectivity index (χ2v) is 9.29. The second kappa shape index (κ2) is 9.88. The minimum absolute atomic E-state index is 0.287. The minimum atomic E-state index is -0.369. The molecule has 2 aromatic rings. The number of carbonyl (C=O) groups is 1. The highest BCUT2D eigenvalue weighted by Gasteiger charge is 2.26. The second-order valence-electron chi connectivity index (χ2n) is 9.29. The molecule has 1 fully saturated rings. The number of hydrogen-bond donors (Lipinski definition) is 1. The lowest BCUT2D eigenvalue weighted by atomic mass is 10.0. The number of nitrogens with zero attached hydrogens (tertiary/aromatic N) is 3. The molecule has 4 rings (SSSR count). The normalized spacial score (nSPS) is 18.8. The van der Waals surface area contributed by atoms with Gasteiger partial charge in [0.25, 0.3) is 5.91 Å². The van der Waals surface area contributed by atoms with E-state index in [2.05, 4.69) is 46.4 Å². The number of nitrogens with two attached hydrogens (primary N) is 1. The van der Waals surface area contributed by atoms with E-state index < -0.39 is 0 Å². The number of fused-ring (bicyclic) bond motifs is 1. The summed E-state index contributed by atoms with van der Waals surface area (Å²) in [5, 5.41) is 0.984.